The number of nitrogens with one attached hydrogen (secondary N) is 2. The summed E-state index contributed by atoms with van der Waals surface area (Å²) >= 11 is 9.40. The van der Waals surface area contributed by atoms with Gasteiger partial charge in [0.1, 0.15) is 0 Å². The highest BCUT2D eigenvalue weighted by molar-refractivity contribution is 9.10. The maximum Gasteiger partial charge on any atom is 0.253 e. The zero-order chi connectivity index (χ0) is 12.3. The van der Waals surface area contributed by atoms with E-state index in [4.69, 9.17) is 11.6 Å². The first-order valence-electron chi connectivity index (χ1n) is 5.64. The van der Waals surface area contributed by atoms with Crippen LogP contribution in [0.15, 0.2) is 22.7 Å². The van der Waals surface area contributed by atoms with Gasteiger partial charge in [0.05, 0.1) is 10.6 Å². The Hall–Kier alpha value is -0.290. The van der Waals surface area contributed by atoms with Gasteiger partial charge in [0.15, 0.2) is 0 Å². The van der Waals surface area contributed by atoms with E-state index in [0.29, 0.717) is 10.6 Å². The Balaban J connectivity index is 0.00000162. The molecule has 0 radical (unpaired) electrons. The standard InChI is InChI=1S/C12H14BrClN2O.ClH/c13-10-5-1-4-9(11(10)14)12(17)16-8-3-2-6-15-7-8;/h1,4-5,8,15H,2-3,6-7H2,(H,16,17);1H/t8-;/m1./s1. The predicted octanol–water partition coefficient (Wildman–Crippen LogP) is 3.01. The molecule has 1 fully saturated rings. The first-order chi connectivity index (χ1) is 8.18. The molecule has 0 aliphatic carbocycles. The second-order valence-corrected chi connectivity index (χ2v) is 5.35. The van der Waals surface area contributed by atoms with Gasteiger partial charge in [0.25, 0.3) is 5.91 Å². The summed E-state index contributed by atoms with van der Waals surface area (Å²) in [5.74, 6) is -0.106. The normalized spacial score (nSPS) is 18.9. The zero-order valence-electron chi connectivity index (χ0n) is 9.71. The second-order valence-electron chi connectivity index (χ2n) is 4.12. The molecule has 2 N–H and O–H groups in total. The summed E-state index contributed by atoms with van der Waals surface area (Å²) in [6.07, 6.45) is 2.11. The van der Waals surface area contributed by atoms with Crippen molar-refractivity contribution < 1.29 is 4.79 Å². The first-order valence-corrected chi connectivity index (χ1v) is 6.81. The van der Waals surface area contributed by atoms with Gasteiger partial charge in [-0.2, -0.15) is 0 Å². The molecule has 18 heavy (non-hydrogen) atoms. The van der Waals surface area contributed by atoms with Gasteiger partial charge in [-0.15, -0.1) is 12.4 Å². The highest BCUT2D eigenvalue weighted by atomic mass is 79.9. The highest BCUT2D eigenvalue weighted by Crippen LogP contribution is 2.26. The van der Waals surface area contributed by atoms with Crippen LogP contribution in [0.1, 0.15) is 23.2 Å². The zero-order valence-corrected chi connectivity index (χ0v) is 12.9. The molecule has 0 bridgehead atoms. The van der Waals surface area contributed by atoms with E-state index < -0.39 is 0 Å². The molecule has 1 atom stereocenters. The van der Waals surface area contributed by atoms with Crippen LogP contribution in [-0.2, 0) is 0 Å². The molecule has 1 aliphatic heterocycles. The van der Waals surface area contributed by atoms with Crippen molar-refractivity contribution in [1.29, 1.82) is 0 Å². The molecule has 2 rings (SSSR count). The smallest absolute Gasteiger partial charge is 0.253 e. The Morgan fingerprint density at radius 2 is 2.28 bits per heavy atom. The fourth-order valence-corrected chi connectivity index (χ4v) is 2.50. The lowest BCUT2D eigenvalue weighted by molar-refractivity contribution is 0.0931. The highest BCUT2D eigenvalue weighted by Gasteiger charge is 2.18. The average molecular weight is 354 g/mol. The number of piperidine rings is 1. The van der Waals surface area contributed by atoms with Crippen LogP contribution in [0.5, 0.6) is 0 Å². The number of carbonyl (C=O) groups is 1. The van der Waals surface area contributed by atoms with Crippen LogP contribution in [0.4, 0.5) is 0 Å². The number of halogens is 3. The van der Waals surface area contributed by atoms with Crippen LogP contribution in [0.3, 0.4) is 0 Å². The number of carbonyl (C=O) groups excluding carboxylic acids is 1. The van der Waals surface area contributed by atoms with Gasteiger partial charge in [0.2, 0.25) is 0 Å². The van der Waals surface area contributed by atoms with Crippen LogP contribution in [0.25, 0.3) is 0 Å². The minimum atomic E-state index is -0.106. The molecule has 1 heterocycles. The Morgan fingerprint density at radius 1 is 1.50 bits per heavy atom. The molecule has 1 aliphatic rings. The van der Waals surface area contributed by atoms with Crippen LogP contribution in [-0.4, -0.2) is 25.0 Å². The number of rotatable bonds is 2. The SMILES string of the molecule is Cl.O=C(N[C@@H]1CCCNC1)c1cccc(Br)c1Cl. The van der Waals surface area contributed by atoms with Crippen molar-refractivity contribution in [1.82, 2.24) is 10.6 Å². The first kappa shape index (κ1) is 15.8. The molecule has 100 valence electrons. The Labute approximate surface area is 126 Å². The second kappa shape index (κ2) is 7.34. The topological polar surface area (TPSA) is 41.1 Å². The lowest BCUT2D eigenvalue weighted by Gasteiger charge is -2.24. The number of benzene rings is 1. The van der Waals surface area contributed by atoms with E-state index in [1.807, 2.05) is 12.1 Å². The van der Waals surface area contributed by atoms with Gasteiger partial charge in [-0.25, -0.2) is 0 Å². The van der Waals surface area contributed by atoms with E-state index >= 15 is 0 Å². The van der Waals surface area contributed by atoms with Gasteiger partial charge in [0, 0.05) is 17.1 Å². The Kier molecular flexibility index (Phi) is 6.43. The third-order valence-electron chi connectivity index (χ3n) is 2.83. The molecule has 1 amide bonds. The van der Waals surface area contributed by atoms with E-state index in [9.17, 15) is 4.79 Å². The molecule has 1 aromatic rings. The van der Waals surface area contributed by atoms with Crippen molar-refractivity contribution in [3.05, 3.63) is 33.3 Å². The van der Waals surface area contributed by atoms with Crippen LogP contribution in [0, 0.1) is 0 Å². The van der Waals surface area contributed by atoms with Crippen molar-refractivity contribution in [2.24, 2.45) is 0 Å². The summed E-state index contributed by atoms with van der Waals surface area (Å²) in [4.78, 5) is 12.0. The molecule has 0 spiro atoms. The number of amides is 1. The quantitative estimate of drug-likeness (QED) is 0.858. The average Bonchev–Trinajstić information content (AvgIpc) is 2.34. The van der Waals surface area contributed by atoms with Crippen molar-refractivity contribution in [3.8, 4) is 0 Å². The van der Waals surface area contributed by atoms with E-state index in [1.165, 1.54) is 0 Å². The molecule has 6 heteroatoms. The van der Waals surface area contributed by atoms with Crippen LogP contribution in [0.2, 0.25) is 5.02 Å². The van der Waals surface area contributed by atoms with Crippen molar-refractivity contribution in [2.75, 3.05) is 13.1 Å². The maximum atomic E-state index is 12.0. The molecule has 0 aromatic heterocycles. The van der Waals surface area contributed by atoms with Gasteiger partial charge >= 0.3 is 0 Å². The molecular weight excluding hydrogens is 339 g/mol. The molecule has 0 saturated carbocycles. The molecule has 1 aromatic carbocycles. The monoisotopic (exact) mass is 352 g/mol. The summed E-state index contributed by atoms with van der Waals surface area (Å²) in [6, 6.07) is 5.57. The van der Waals surface area contributed by atoms with E-state index in [1.54, 1.807) is 6.07 Å². The molecule has 3 nitrogen and oxygen atoms in total. The molecule has 0 unspecified atom stereocenters. The summed E-state index contributed by atoms with van der Waals surface area (Å²) in [5.41, 5.74) is 0.520. The Bertz CT molecular complexity index is 423. The Morgan fingerprint density at radius 3 is 2.94 bits per heavy atom. The van der Waals surface area contributed by atoms with E-state index in [0.717, 1.165) is 30.4 Å². The fraction of sp³-hybridized carbons (Fsp3) is 0.417. The van der Waals surface area contributed by atoms with Gasteiger partial charge in [-0.1, -0.05) is 17.7 Å². The van der Waals surface area contributed by atoms with Gasteiger partial charge < -0.3 is 10.6 Å². The third kappa shape index (κ3) is 3.85. The summed E-state index contributed by atoms with van der Waals surface area (Å²) < 4.78 is 0.744. The third-order valence-corrected chi connectivity index (χ3v) is 4.12. The number of hydrogen-bond donors (Lipinski definition) is 2. The van der Waals surface area contributed by atoms with E-state index in [2.05, 4.69) is 26.6 Å². The lowest BCUT2D eigenvalue weighted by Crippen LogP contribution is -2.45. The van der Waals surface area contributed by atoms with Crippen LogP contribution < -0.4 is 10.6 Å². The minimum absolute atomic E-state index is 0. The van der Waals surface area contributed by atoms with Crippen molar-refractivity contribution >= 4 is 45.8 Å². The van der Waals surface area contributed by atoms with Crippen molar-refractivity contribution in [3.63, 3.8) is 0 Å². The fourth-order valence-electron chi connectivity index (χ4n) is 1.92. The van der Waals surface area contributed by atoms with Crippen molar-refractivity contribution in [2.45, 2.75) is 18.9 Å². The van der Waals surface area contributed by atoms with E-state index in [-0.39, 0.29) is 24.4 Å². The summed E-state index contributed by atoms with van der Waals surface area (Å²) in [6.45, 7) is 1.86. The minimum Gasteiger partial charge on any atom is -0.348 e. The maximum absolute atomic E-state index is 12.0. The van der Waals surface area contributed by atoms with Gasteiger partial charge in [-0.05, 0) is 47.4 Å². The predicted molar refractivity (Wildman–Crippen MR) is 79.8 cm³/mol. The summed E-state index contributed by atoms with van der Waals surface area (Å²) in [5, 5.41) is 6.72. The molecular formula is C12H15BrCl2N2O. The molecule has 1 saturated heterocycles. The largest absolute Gasteiger partial charge is 0.348 e. The number of hydrogen-bond acceptors (Lipinski definition) is 2. The lowest BCUT2D eigenvalue weighted by atomic mass is 10.1. The van der Waals surface area contributed by atoms with Crippen LogP contribution >= 0.6 is 39.9 Å². The summed E-state index contributed by atoms with van der Waals surface area (Å²) in [7, 11) is 0. The van der Waals surface area contributed by atoms with Gasteiger partial charge in [-0.3, -0.25) is 4.79 Å².